The molecular weight excluding hydrogens is 261 g/mol. The number of nitrogens with two attached hydrogens (primary N) is 1. The lowest BCUT2D eigenvalue weighted by atomic mass is 10.1. The third-order valence-electron chi connectivity index (χ3n) is 2.68. The highest BCUT2D eigenvalue weighted by molar-refractivity contribution is 5.92. The van der Waals surface area contributed by atoms with Crippen molar-refractivity contribution in [2.24, 2.45) is 5.73 Å². The van der Waals surface area contributed by atoms with E-state index in [4.69, 9.17) is 10.5 Å². The molecule has 2 rings (SSSR count). The minimum absolute atomic E-state index is 0.241. The number of primary amides is 1. The average molecular weight is 273 g/mol. The second-order valence-electron chi connectivity index (χ2n) is 4.08. The van der Waals surface area contributed by atoms with Crippen molar-refractivity contribution in [1.82, 2.24) is 0 Å². The molecule has 0 spiro atoms. The number of rotatable bonds is 4. The lowest BCUT2D eigenvalue weighted by Crippen LogP contribution is -2.26. The first-order valence-corrected chi connectivity index (χ1v) is 5.89. The first-order chi connectivity index (χ1) is 9.59. The predicted octanol–water partition coefficient (Wildman–Crippen LogP) is 2.21. The summed E-state index contributed by atoms with van der Waals surface area (Å²) in [4.78, 5) is 23.3. The highest BCUT2D eigenvalue weighted by Gasteiger charge is 2.24. The summed E-state index contributed by atoms with van der Waals surface area (Å²) in [6.07, 6.45) is -1.25. The van der Waals surface area contributed by atoms with Crippen molar-refractivity contribution >= 4 is 11.9 Å². The molecule has 5 heteroatoms. The highest BCUT2D eigenvalue weighted by Crippen LogP contribution is 2.19. The minimum Gasteiger partial charge on any atom is -0.444 e. The predicted molar refractivity (Wildman–Crippen MR) is 70.2 cm³/mol. The van der Waals surface area contributed by atoms with E-state index < -0.39 is 23.8 Å². The highest BCUT2D eigenvalue weighted by atomic mass is 19.1. The molecule has 20 heavy (non-hydrogen) atoms. The summed E-state index contributed by atoms with van der Waals surface area (Å²) in [5.41, 5.74) is 5.42. The van der Waals surface area contributed by atoms with Crippen molar-refractivity contribution in [3.63, 3.8) is 0 Å². The first kappa shape index (κ1) is 13.7. The first-order valence-electron chi connectivity index (χ1n) is 5.89. The summed E-state index contributed by atoms with van der Waals surface area (Å²) in [6, 6.07) is 13.7. The molecule has 0 aromatic heterocycles. The Morgan fingerprint density at radius 3 is 2.20 bits per heavy atom. The molecule has 0 saturated carbocycles. The van der Waals surface area contributed by atoms with Gasteiger partial charge in [-0.05, 0) is 12.1 Å². The molecule has 2 N–H and O–H groups in total. The fourth-order valence-electron chi connectivity index (χ4n) is 1.72. The van der Waals surface area contributed by atoms with E-state index in [1.807, 2.05) is 0 Å². The third-order valence-corrected chi connectivity index (χ3v) is 2.68. The monoisotopic (exact) mass is 273 g/mol. The number of hydrogen-bond donors (Lipinski definition) is 1. The van der Waals surface area contributed by atoms with E-state index in [9.17, 15) is 14.0 Å². The number of carbonyl (C=O) groups excluding carboxylic acids is 2. The molecule has 0 heterocycles. The van der Waals surface area contributed by atoms with Gasteiger partial charge in [-0.2, -0.15) is 0 Å². The number of amides is 1. The maximum atomic E-state index is 13.5. The second-order valence-corrected chi connectivity index (χ2v) is 4.08. The van der Waals surface area contributed by atoms with E-state index in [-0.39, 0.29) is 5.56 Å². The fourth-order valence-corrected chi connectivity index (χ4v) is 1.72. The topological polar surface area (TPSA) is 69.4 Å². The Morgan fingerprint density at radius 1 is 1.00 bits per heavy atom. The molecule has 0 bridgehead atoms. The van der Waals surface area contributed by atoms with Gasteiger partial charge in [-0.3, -0.25) is 4.79 Å². The molecule has 0 aliphatic carbocycles. The normalized spacial score (nSPS) is 11.7. The van der Waals surface area contributed by atoms with Gasteiger partial charge in [-0.25, -0.2) is 9.18 Å². The zero-order valence-corrected chi connectivity index (χ0v) is 10.5. The summed E-state index contributed by atoms with van der Waals surface area (Å²) in [5.74, 6) is -2.47. The molecule has 0 saturated heterocycles. The van der Waals surface area contributed by atoms with Gasteiger partial charge in [0.05, 0.1) is 5.56 Å². The quantitative estimate of drug-likeness (QED) is 0.868. The van der Waals surface area contributed by atoms with Crippen molar-refractivity contribution in [1.29, 1.82) is 0 Å². The van der Waals surface area contributed by atoms with Crippen LogP contribution in [0.3, 0.4) is 0 Å². The van der Waals surface area contributed by atoms with Crippen LogP contribution in [0.4, 0.5) is 4.39 Å². The van der Waals surface area contributed by atoms with E-state index in [1.165, 1.54) is 18.2 Å². The van der Waals surface area contributed by atoms with E-state index >= 15 is 0 Å². The van der Waals surface area contributed by atoms with Gasteiger partial charge < -0.3 is 10.5 Å². The smallest absolute Gasteiger partial charge is 0.342 e. The van der Waals surface area contributed by atoms with Gasteiger partial charge in [0.1, 0.15) is 5.82 Å². The Morgan fingerprint density at radius 2 is 1.60 bits per heavy atom. The zero-order valence-electron chi connectivity index (χ0n) is 10.5. The van der Waals surface area contributed by atoms with Crippen molar-refractivity contribution in [2.75, 3.05) is 0 Å². The Hall–Kier alpha value is -2.69. The summed E-state index contributed by atoms with van der Waals surface area (Å²) < 4.78 is 18.5. The number of hydrogen-bond acceptors (Lipinski definition) is 3. The third kappa shape index (κ3) is 3.00. The molecular formula is C15H12FNO3. The van der Waals surface area contributed by atoms with Gasteiger partial charge in [0.15, 0.2) is 0 Å². The Labute approximate surface area is 115 Å². The average Bonchev–Trinajstić information content (AvgIpc) is 2.45. The summed E-state index contributed by atoms with van der Waals surface area (Å²) in [7, 11) is 0. The van der Waals surface area contributed by atoms with Crippen LogP contribution in [0, 0.1) is 5.82 Å². The van der Waals surface area contributed by atoms with E-state index in [0.717, 1.165) is 6.07 Å². The summed E-state index contributed by atoms with van der Waals surface area (Å²) in [6.45, 7) is 0. The van der Waals surface area contributed by atoms with Crippen molar-refractivity contribution in [3.05, 3.63) is 71.5 Å². The number of benzene rings is 2. The molecule has 1 atom stereocenters. The minimum atomic E-state index is -1.25. The molecule has 1 amide bonds. The van der Waals surface area contributed by atoms with Crippen LogP contribution in [-0.4, -0.2) is 11.9 Å². The molecule has 0 radical (unpaired) electrons. The van der Waals surface area contributed by atoms with E-state index in [2.05, 4.69) is 0 Å². The van der Waals surface area contributed by atoms with Crippen molar-refractivity contribution in [2.45, 2.75) is 6.10 Å². The van der Waals surface area contributed by atoms with Crippen LogP contribution in [0.5, 0.6) is 0 Å². The Bertz CT molecular complexity index is 628. The summed E-state index contributed by atoms with van der Waals surface area (Å²) >= 11 is 0. The number of halogens is 1. The van der Waals surface area contributed by atoms with Crippen LogP contribution in [0.2, 0.25) is 0 Å². The maximum Gasteiger partial charge on any atom is 0.342 e. The number of esters is 1. The van der Waals surface area contributed by atoms with Crippen LogP contribution in [-0.2, 0) is 9.53 Å². The van der Waals surface area contributed by atoms with Gasteiger partial charge in [0, 0.05) is 5.56 Å². The Kier molecular flexibility index (Phi) is 4.10. The van der Waals surface area contributed by atoms with Crippen molar-refractivity contribution < 1.29 is 18.7 Å². The van der Waals surface area contributed by atoms with Gasteiger partial charge in [-0.1, -0.05) is 42.5 Å². The fraction of sp³-hybridized carbons (Fsp3) is 0.0667. The molecule has 0 aliphatic heterocycles. The molecule has 1 unspecified atom stereocenters. The largest absolute Gasteiger partial charge is 0.444 e. The van der Waals surface area contributed by atoms with Gasteiger partial charge in [0.2, 0.25) is 6.10 Å². The maximum absolute atomic E-state index is 13.5. The van der Waals surface area contributed by atoms with Crippen LogP contribution < -0.4 is 5.73 Å². The summed E-state index contributed by atoms with van der Waals surface area (Å²) in [5, 5.41) is 0. The van der Waals surface area contributed by atoms with Gasteiger partial charge in [-0.15, -0.1) is 0 Å². The van der Waals surface area contributed by atoms with Crippen LogP contribution in [0.1, 0.15) is 22.0 Å². The SMILES string of the molecule is NC(=O)C(OC(=O)c1ccccc1F)c1ccccc1. The van der Waals surface area contributed by atoms with Crippen LogP contribution >= 0.6 is 0 Å². The second kappa shape index (κ2) is 5.97. The van der Waals surface area contributed by atoms with Gasteiger partial charge >= 0.3 is 5.97 Å². The molecule has 102 valence electrons. The molecule has 2 aromatic rings. The zero-order chi connectivity index (χ0) is 14.5. The number of ether oxygens (including phenoxy) is 1. The standard InChI is InChI=1S/C15H12FNO3/c16-12-9-5-4-8-11(12)15(19)20-13(14(17)18)10-6-2-1-3-7-10/h1-9,13H,(H2,17,18). The van der Waals surface area contributed by atoms with Crippen LogP contribution in [0.25, 0.3) is 0 Å². The van der Waals surface area contributed by atoms with Crippen molar-refractivity contribution in [3.8, 4) is 0 Å². The molecule has 4 nitrogen and oxygen atoms in total. The van der Waals surface area contributed by atoms with Crippen LogP contribution in [0.15, 0.2) is 54.6 Å². The van der Waals surface area contributed by atoms with Gasteiger partial charge in [0.25, 0.3) is 5.91 Å². The number of carbonyl (C=O) groups is 2. The van der Waals surface area contributed by atoms with E-state index in [0.29, 0.717) is 5.56 Å². The lowest BCUT2D eigenvalue weighted by molar-refractivity contribution is -0.127. The Balaban J connectivity index is 2.24. The molecule has 2 aromatic carbocycles. The van der Waals surface area contributed by atoms with E-state index in [1.54, 1.807) is 30.3 Å². The lowest BCUT2D eigenvalue weighted by Gasteiger charge is -2.15. The molecule has 0 aliphatic rings. The molecule has 0 fully saturated rings.